The molecule has 2 aromatic heterocycles. The van der Waals surface area contributed by atoms with Crippen LogP contribution in [0.2, 0.25) is 0 Å². The van der Waals surface area contributed by atoms with Gasteiger partial charge in [0, 0.05) is 17.8 Å². The SMILES string of the molecule is Cc1csc(NC(C)Cc2ccco2)n1. The van der Waals surface area contributed by atoms with Crippen LogP contribution in [0.5, 0.6) is 0 Å². The Morgan fingerprint density at radius 1 is 1.60 bits per heavy atom. The van der Waals surface area contributed by atoms with Gasteiger partial charge in [0.05, 0.1) is 12.0 Å². The van der Waals surface area contributed by atoms with Gasteiger partial charge in [-0.15, -0.1) is 11.3 Å². The topological polar surface area (TPSA) is 38.1 Å². The van der Waals surface area contributed by atoms with Crippen molar-refractivity contribution in [1.29, 1.82) is 0 Å². The lowest BCUT2D eigenvalue weighted by molar-refractivity contribution is 0.498. The van der Waals surface area contributed by atoms with Gasteiger partial charge >= 0.3 is 0 Å². The fourth-order valence-corrected chi connectivity index (χ4v) is 2.21. The summed E-state index contributed by atoms with van der Waals surface area (Å²) in [5, 5.41) is 6.37. The molecule has 3 nitrogen and oxygen atoms in total. The number of nitrogens with one attached hydrogen (secondary N) is 1. The number of furan rings is 1. The number of aromatic nitrogens is 1. The maximum absolute atomic E-state index is 5.29. The van der Waals surface area contributed by atoms with Crippen molar-refractivity contribution in [2.24, 2.45) is 0 Å². The predicted octanol–water partition coefficient (Wildman–Crippen LogP) is 3.09. The van der Waals surface area contributed by atoms with Gasteiger partial charge in [-0.05, 0) is 26.0 Å². The lowest BCUT2D eigenvalue weighted by atomic mass is 10.2. The minimum atomic E-state index is 0.335. The minimum absolute atomic E-state index is 0.335. The third kappa shape index (κ3) is 2.83. The number of nitrogens with zero attached hydrogens (tertiary/aromatic N) is 1. The zero-order chi connectivity index (χ0) is 10.7. The van der Waals surface area contributed by atoms with E-state index in [0.29, 0.717) is 6.04 Å². The van der Waals surface area contributed by atoms with Gasteiger partial charge in [-0.2, -0.15) is 0 Å². The molecule has 1 atom stereocenters. The van der Waals surface area contributed by atoms with Crippen LogP contribution < -0.4 is 5.32 Å². The van der Waals surface area contributed by atoms with Crippen LogP contribution in [0.4, 0.5) is 5.13 Å². The molecule has 0 fully saturated rings. The highest BCUT2D eigenvalue weighted by Gasteiger charge is 2.07. The van der Waals surface area contributed by atoms with Gasteiger partial charge in [0.25, 0.3) is 0 Å². The van der Waals surface area contributed by atoms with Crippen LogP contribution in [-0.4, -0.2) is 11.0 Å². The summed E-state index contributed by atoms with van der Waals surface area (Å²) in [5.41, 5.74) is 1.06. The number of hydrogen-bond donors (Lipinski definition) is 1. The molecule has 2 aromatic rings. The Morgan fingerprint density at radius 2 is 2.47 bits per heavy atom. The molecule has 1 unspecified atom stereocenters. The van der Waals surface area contributed by atoms with Gasteiger partial charge in [-0.25, -0.2) is 4.98 Å². The van der Waals surface area contributed by atoms with Crippen molar-refractivity contribution in [1.82, 2.24) is 4.98 Å². The van der Waals surface area contributed by atoms with E-state index in [9.17, 15) is 0 Å². The highest BCUT2D eigenvalue weighted by atomic mass is 32.1. The third-order valence-electron chi connectivity index (χ3n) is 2.08. The second kappa shape index (κ2) is 4.49. The molecule has 4 heteroatoms. The molecule has 2 rings (SSSR count). The van der Waals surface area contributed by atoms with E-state index in [1.54, 1.807) is 17.6 Å². The van der Waals surface area contributed by atoms with E-state index in [4.69, 9.17) is 4.42 Å². The van der Waals surface area contributed by atoms with Crippen molar-refractivity contribution in [2.75, 3.05) is 5.32 Å². The summed E-state index contributed by atoms with van der Waals surface area (Å²) in [5.74, 6) is 1.00. The number of hydrogen-bond acceptors (Lipinski definition) is 4. The van der Waals surface area contributed by atoms with Crippen LogP contribution in [0.15, 0.2) is 28.2 Å². The maximum Gasteiger partial charge on any atom is 0.183 e. The van der Waals surface area contributed by atoms with Crippen LogP contribution in [0.25, 0.3) is 0 Å². The molecule has 0 aliphatic carbocycles. The van der Waals surface area contributed by atoms with Gasteiger partial charge in [0.1, 0.15) is 5.76 Å². The first-order valence-corrected chi connectivity index (χ1v) is 5.83. The predicted molar refractivity (Wildman–Crippen MR) is 62.3 cm³/mol. The van der Waals surface area contributed by atoms with Crippen molar-refractivity contribution in [3.8, 4) is 0 Å². The van der Waals surface area contributed by atoms with E-state index in [1.165, 1.54) is 0 Å². The molecule has 0 saturated heterocycles. The molecule has 1 N–H and O–H groups in total. The first-order valence-electron chi connectivity index (χ1n) is 4.95. The molecule has 0 aromatic carbocycles. The summed E-state index contributed by atoms with van der Waals surface area (Å²) in [6.07, 6.45) is 2.58. The third-order valence-corrected chi connectivity index (χ3v) is 2.97. The van der Waals surface area contributed by atoms with Crippen molar-refractivity contribution in [2.45, 2.75) is 26.3 Å². The van der Waals surface area contributed by atoms with Crippen molar-refractivity contribution >= 4 is 16.5 Å². The van der Waals surface area contributed by atoms with Crippen molar-refractivity contribution < 1.29 is 4.42 Å². The molecule has 0 amide bonds. The molecule has 0 spiro atoms. The first-order chi connectivity index (χ1) is 7.24. The lowest BCUT2D eigenvalue weighted by Crippen LogP contribution is -2.17. The summed E-state index contributed by atoms with van der Waals surface area (Å²) in [6, 6.07) is 4.24. The van der Waals surface area contributed by atoms with E-state index >= 15 is 0 Å². The average Bonchev–Trinajstić information content (AvgIpc) is 2.77. The van der Waals surface area contributed by atoms with Gasteiger partial charge in [0.15, 0.2) is 5.13 Å². The molecule has 0 aliphatic rings. The molecular formula is C11H14N2OS. The molecule has 80 valence electrons. The van der Waals surface area contributed by atoms with Crippen LogP contribution in [0.1, 0.15) is 18.4 Å². The molecule has 15 heavy (non-hydrogen) atoms. The Balaban J connectivity index is 1.90. The largest absolute Gasteiger partial charge is 0.469 e. The Hall–Kier alpha value is -1.29. The van der Waals surface area contributed by atoms with Crippen molar-refractivity contribution in [3.05, 3.63) is 35.2 Å². The summed E-state index contributed by atoms with van der Waals surface area (Å²) in [4.78, 5) is 4.36. The van der Waals surface area contributed by atoms with Crippen LogP contribution in [-0.2, 0) is 6.42 Å². The Bertz CT molecular complexity index is 408. The summed E-state index contributed by atoms with van der Waals surface area (Å²) in [6.45, 7) is 4.12. The second-order valence-corrected chi connectivity index (χ2v) is 4.48. The molecule has 0 saturated carbocycles. The standard InChI is InChI=1S/C11H14N2OS/c1-8(6-10-4-3-5-14-10)12-11-13-9(2)7-15-11/h3-5,7-8H,6H2,1-2H3,(H,12,13). The first kappa shape index (κ1) is 10.2. The molecule has 0 bridgehead atoms. The van der Waals surface area contributed by atoms with E-state index in [0.717, 1.165) is 23.0 Å². The highest BCUT2D eigenvalue weighted by Crippen LogP contribution is 2.16. The average molecular weight is 222 g/mol. The smallest absolute Gasteiger partial charge is 0.183 e. The normalized spacial score (nSPS) is 12.7. The van der Waals surface area contributed by atoms with Crippen molar-refractivity contribution in [3.63, 3.8) is 0 Å². The highest BCUT2D eigenvalue weighted by molar-refractivity contribution is 7.13. The van der Waals surface area contributed by atoms with Gasteiger partial charge in [-0.1, -0.05) is 0 Å². The monoisotopic (exact) mass is 222 g/mol. The molecular weight excluding hydrogens is 208 g/mol. The maximum atomic E-state index is 5.29. The van der Waals surface area contributed by atoms with E-state index in [2.05, 4.69) is 17.2 Å². The van der Waals surface area contributed by atoms with Gasteiger partial charge < -0.3 is 9.73 Å². The summed E-state index contributed by atoms with van der Waals surface area (Å²) in [7, 11) is 0. The van der Waals surface area contributed by atoms with Crippen LogP contribution in [0.3, 0.4) is 0 Å². The van der Waals surface area contributed by atoms with E-state index in [1.807, 2.05) is 24.4 Å². The Labute approximate surface area is 93.2 Å². The Morgan fingerprint density at radius 3 is 3.07 bits per heavy atom. The zero-order valence-electron chi connectivity index (χ0n) is 8.86. The number of aryl methyl sites for hydroxylation is 1. The second-order valence-electron chi connectivity index (χ2n) is 3.62. The van der Waals surface area contributed by atoms with E-state index in [-0.39, 0.29) is 0 Å². The van der Waals surface area contributed by atoms with Gasteiger partial charge in [-0.3, -0.25) is 0 Å². The summed E-state index contributed by atoms with van der Waals surface area (Å²) >= 11 is 1.64. The van der Waals surface area contributed by atoms with Crippen LogP contribution in [0, 0.1) is 6.92 Å². The number of thiazole rings is 1. The van der Waals surface area contributed by atoms with E-state index < -0.39 is 0 Å². The molecule has 0 radical (unpaired) electrons. The summed E-state index contributed by atoms with van der Waals surface area (Å²) < 4.78 is 5.29. The fraction of sp³-hybridized carbons (Fsp3) is 0.364. The zero-order valence-corrected chi connectivity index (χ0v) is 9.67. The lowest BCUT2D eigenvalue weighted by Gasteiger charge is -2.10. The Kier molecular flexibility index (Phi) is 3.06. The number of rotatable bonds is 4. The number of anilines is 1. The molecule has 0 aliphatic heterocycles. The van der Waals surface area contributed by atoms with Gasteiger partial charge in [0.2, 0.25) is 0 Å². The quantitative estimate of drug-likeness (QED) is 0.863. The fourth-order valence-electron chi connectivity index (χ4n) is 1.41. The molecule has 2 heterocycles. The van der Waals surface area contributed by atoms with Crippen LogP contribution >= 0.6 is 11.3 Å². The minimum Gasteiger partial charge on any atom is -0.469 e.